The molecule has 1 N–H and O–H groups in total. The van der Waals surface area contributed by atoms with Gasteiger partial charge < -0.3 is 4.90 Å². The fraction of sp³-hybridized carbons (Fsp3) is 0.765. The van der Waals surface area contributed by atoms with Crippen molar-refractivity contribution in [2.24, 2.45) is 0 Å². The number of sulfone groups is 1. The van der Waals surface area contributed by atoms with Gasteiger partial charge in [-0.05, 0) is 32.4 Å². The Hall–Kier alpha value is -1.41. The molecule has 0 aliphatic carbocycles. The predicted molar refractivity (Wildman–Crippen MR) is 96.2 cm³/mol. The summed E-state index contributed by atoms with van der Waals surface area (Å²) in [6, 6.07) is -0.239. The van der Waals surface area contributed by atoms with Crippen molar-refractivity contribution in [1.29, 1.82) is 0 Å². The summed E-state index contributed by atoms with van der Waals surface area (Å²) in [4.78, 5) is 16.8. The first-order valence-corrected chi connectivity index (χ1v) is 10.9. The molecule has 2 saturated heterocycles. The number of aryl methyl sites for hydroxylation is 2. The fourth-order valence-corrected chi connectivity index (χ4v) is 6.06. The molecular formula is C17H28N4O3S. The summed E-state index contributed by atoms with van der Waals surface area (Å²) in [5.41, 5.74) is 3.05. The minimum Gasteiger partial charge on any atom is -0.336 e. The maximum Gasteiger partial charge on any atom is 0.223 e. The van der Waals surface area contributed by atoms with Gasteiger partial charge in [-0.25, -0.2) is 8.42 Å². The largest absolute Gasteiger partial charge is 0.336 e. The third-order valence-electron chi connectivity index (χ3n) is 5.55. The van der Waals surface area contributed by atoms with E-state index in [1.807, 2.05) is 18.7 Å². The van der Waals surface area contributed by atoms with Crippen LogP contribution in [0.3, 0.4) is 0 Å². The van der Waals surface area contributed by atoms with Gasteiger partial charge in [0, 0.05) is 37.7 Å². The zero-order valence-electron chi connectivity index (χ0n) is 15.3. The molecule has 140 valence electrons. The summed E-state index contributed by atoms with van der Waals surface area (Å²) in [5.74, 6) is 0.326. The Morgan fingerprint density at radius 1 is 1.24 bits per heavy atom. The molecule has 0 radical (unpaired) electrons. The monoisotopic (exact) mass is 368 g/mol. The molecule has 2 unspecified atom stereocenters. The first-order valence-electron chi connectivity index (χ1n) is 9.06. The zero-order valence-corrected chi connectivity index (χ0v) is 16.1. The summed E-state index contributed by atoms with van der Waals surface area (Å²) < 4.78 is 24.3. The van der Waals surface area contributed by atoms with Gasteiger partial charge in [0.1, 0.15) is 0 Å². The second kappa shape index (κ2) is 7.07. The van der Waals surface area contributed by atoms with Crippen LogP contribution in [-0.4, -0.2) is 77.5 Å². The number of hydrogen-bond donors (Lipinski definition) is 1. The van der Waals surface area contributed by atoms with Crippen LogP contribution in [0.15, 0.2) is 0 Å². The van der Waals surface area contributed by atoms with E-state index in [-0.39, 0.29) is 29.5 Å². The Balaban J connectivity index is 1.69. The van der Waals surface area contributed by atoms with Crippen molar-refractivity contribution in [3.8, 4) is 0 Å². The molecular weight excluding hydrogens is 340 g/mol. The molecule has 0 spiro atoms. The first kappa shape index (κ1) is 18.4. The van der Waals surface area contributed by atoms with E-state index in [1.54, 1.807) is 0 Å². The highest BCUT2D eigenvalue weighted by molar-refractivity contribution is 7.91. The average Bonchev–Trinajstić information content (AvgIpc) is 3.05. The van der Waals surface area contributed by atoms with E-state index in [9.17, 15) is 13.2 Å². The molecule has 3 heterocycles. The van der Waals surface area contributed by atoms with Crippen molar-refractivity contribution in [2.45, 2.75) is 52.1 Å². The lowest BCUT2D eigenvalue weighted by Crippen LogP contribution is -2.60. The summed E-state index contributed by atoms with van der Waals surface area (Å²) in [6.45, 7) is 8.34. The maximum atomic E-state index is 12.8. The number of rotatable bonds is 5. The predicted octanol–water partition coefficient (Wildman–Crippen LogP) is 0.679. The molecule has 25 heavy (non-hydrogen) atoms. The number of hydrogen-bond acceptors (Lipinski definition) is 5. The van der Waals surface area contributed by atoms with Crippen molar-refractivity contribution in [2.75, 3.05) is 31.1 Å². The van der Waals surface area contributed by atoms with E-state index in [0.717, 1.165) is 36.5 Å². The molecule has 2 fully saturated rings. The smallest absolute Gasteiger partial charge is 0.223 e. The minimum absolute atomic E-state index is 0.0444. The molecule has 3 rings (SSSR count). The van der Waals surface area contributed by atoms with Crippen molar-refractivity contribution < 1.29 is 13.2 Å². The Morgan fingerprint density at radius 2 is 1.96 bits per heavy atom. The molecule has 1 amide bonds. The van der Waals surface area contributed by atoms with Gasteiger partial charge >= 0.3 is 0 Å². The fourth-order valence-electron chi connectivity index (χ4n) is 4.05. The molecule has 1 aromatic rings. The van der Waals surface area contributed by atoms with E-state index >= 15 is 0 Å². The van der Waals surface area contributed by atoms with Crippen LogP contribution in [0.5, 0.6) is 0 Å². The van der Waals surface area contributed by atoms with Crippen LogP contribution in [0, 0.1) is 13.8 Å². The third-order valence-corrected chi connectivity index (χ3v) is 7.25. The van der Waals surface area contributed by atoms with Crippen molar-refractivity contribution in [3.63, 3.8) is 0 Å². The lowest BCUT2D eigenvalue weighted by atomic mass is 10.0. The number of nitrogens with zero attached hydrogens (tertiary/aromatic N) is 3. The van der Waals surface area contributed by atoms with Gasteiger partial charge in [0.15, 0.2) is 9.84 Å². The van der Waals surface area contributed by atoms with Crippen LogP contribution in [-0.2, 0) is 21.1 Å². The van der Waals surface area contributed by atoms with Crippen molar-refractivity contribution in [3.05, 3.63) is 17.0 Å². The van der Waals surface area contributed by atoms with Gasteiger partial charge in [-0.2, -0.15) is 5.10 Å². The molecule has 2 aliphatic heterocycles. The number of aromatic nitrogens is 2. The quantitative estimate of drug-likeness (QED) is 0.826. The second-order valence-electron chi connectivity index (χ2n) is 7.26. The minimum atomic E-state index is -3.07. The Labute approximate surface area is 149 Å². The molecule has 2 aliphatic rings. The van der Waals surface area contributed by atoms with E-state index in [4.69, 9.17) is 0 Å². The molecule has 8 heteroatoms. The van der Waals surface area contributed by atoms with E-state index in [1.165, 1.54) is 0 Å². The lowest BCUT2D eigenvalue weighted by Gasteiger charge is -2.44. The SMILES string of the molecule is CCCN1CCN(C(=O)CCc2n[nH]c(C)c2C)C2CS(=O)(=O)CC21. The highest BCUT2D eigenvalue weighted by atomic mass is 32.2. The van der Waals surface area contributed by atoms with Crippen molar-refractivity contribution >= 4 is 15.7 Å². The molecule has 0 bridgehead atoms. The Bertz CT molecular complexity index is 743. The summed E-state index contributed by atoms with van der Waals surface area (Å²) in [7, 11) is -3.07. The van der Waals surface area contributed by atoms with Crippen LogP contribution in [0.4, 0.5) is 0 Å². The normalized spacial score (nSPS) is 26.0. The van der Waals surface area contributed by atoms with Crippen LogP contribution < -0.4 is 0 Å². The summed E-state index contributed by atoms with van der Waals surface area (Å²) in [5, 5.41) is 7.21. The van der Waals surface area contributed by atoms with Crippen LogP contribution in [0.1, 0.15) is 36.7 Å². The highest BCUT2D eigenvalue weighted by Crippen LogP contribution is 2.28. The Kier molecular flexibility index (Phi) is 5.20. The average molecular weight is 369 g/mol. The highest BCUT2D eigenvalue weighted by Gasteiger charge is 2.47. The number of nitrogens with one attached hydrogen (secondary N) is 1. The number of amides is 1. The van der Waals surface area contributed by atoms with Crippen LogP contribution >= 0.6 is 0 Å². The maximum absolute atomic E-state index is 12.8. The van der Waals surface area contributed by atoms with E-state index in [0.29, 0.717) is 19.4 Å². The topological polar surface area (TPSA) is 86.4 Å². The molecule has 0 saturated carbocycles. The van der Waals surface area contributed by atoms with E-state index in [2.05, 4.69) is 22.0 Å². The van der Waals surface area contributed by atoms with Gasteiger partial charge in [0.2, 0.25) is 5.91 Å². The number of aromatic amines is 1. The summed E-state index contributed by atoms with van der Waals surface area (Å²) in [6.07, 6.45) is 1.96. The van der Waals surface area contributed by atoms with Crippen LogP contribution in [0.25, 0.3) is 0 Å². The molecule has 1 aromatic heterocycles. The number of carbonyl (C=O) groups excluding carboxylic acids is 1. The zero-order chi connectivity index (χ0) is 18.2. The second-order valence-corrected chi connectivity index (χ2v) is 9.41. The van der Waals surface area contributed by atoms with Gasteiger partial charge in [-0.15, -0.1) is 0 Å². The third kappa shape index (κ3) is 3.74. The number of H-pyrrole nitrogens is 1. The van der Waals surface area contributed by atoms with Crippen LogP contribution in [0.2, 0.25) is 0 Å². The molecule has 0 aromatic carbocycles. The van der Waals surface area contributed by atoms with Gasteiger partial charge in [-0.3, -0.25) is 14.8 Å². The standard InChI is InChI=1S/C17H28N4O3S/c1-4-7-20-8-9-21(16-11-25(23,24)10-15(16)20)17(22)6-5-14-12(2)13(3)18-19-14/h15-16H,4-11H2,1-3H3,(H,18,19). The lowest BCUT2D eigenvalue weighted by molar-refractivity contribution is -0.136. The number of piperazine rings is 1. The molecule has 7 nitrogen and oxygen atoms in total. The van der Waals surface area contributed by atoms with Crippen molar-refractivity contribution in [1.82, 2.24) is 20.0 Å². The first-order chi connectivity index (χ1) is 11.8. The number of carbonyl (C=O) groups is 1. The summed E-state index contributed by atoms with van der Waals surface area (Å²) >= 11 is 0. The number of fused-ring (bicyclic) bond motifs is 1. The van der Waals surface area contributed by atoms with E-state index < -0.39 is 9.84 Å². The van der Waals surface area contributed by atoms with Gasteiger partial charge in [0.25, 0.3) is 0 Å². The van der Waals surface area contributed by atoms with Gasteiger partial charge in [0.05, 0.1) is 23.2 Å². The Morgan fingerprint density at radius 3 is 2.60 bits per heavy atom. The molecule has 2 atom stereocenters. The van der Waals surface area contributed by atoms with Gasteiger partial charge in [-0.1, -0.05) is 6.92 Å².